The predicted molar refractivity (Wildman–Crippen MR) is 83.6 cm³/mol. The molecule has 1 aromatic rings. The van der Waals surface area contributed by atoms with Crippen molar-refractivity contribution < 1.29 is 17.9 Å². The van der Waals surface area contributed by atoms with Crippen molar-refractivity contribution in [2.45, 2.75) is 36.2 Å². The van der Waals surface area contributed by atoms with Crippen LogP contribution in [0.2, 0.25) is 0 Å². The number of rotatable bonds is 6. The summed E-state index contributed by atoms with van der Waals surface area (Å²) in [6, 6.07) is 0. The molecule has 0 bridgehead atoms. The third kappa shape index (κ3) is 3.70. The van der Waals surface area contributed by atoms with E-state index in [1.165, 1.54) is 18.9 Å². The molecule has 122 valence electrons. The number of hydrogen-bond donors (Lipinski definition) is 0. The van der Waals surface area contributed by atoms with Crippen LogP contribution in [0.25, 0.3) is 0 Å². The van der Waals surface area contributed by atoms with E-state index in [0.29, 0.717) is 23.9 Å². The highest BCUT2D eigenvalue weighted by Crippen LogP contribution is 2.31. The van der Waals surface area contributed by atoms with Crippen molar-refractivity contribution in [1.29, 1.82) is 0 Å². The van der Waals surface area contributed by atoms with Gasteiger partial charge in [-0.25, -0.2) is 8.42 Å². The van der Waals surface area contributed by atoms with Gasteiger partial charge >= 0.3 is 5.97 Å². The summed E-state index contributed by atoms with van der Waals surface area (Å²) in [5.74, 6) is 0.419. The highest BCUT2D eigenvalue weighted by atomic mass is 32.2. The van der Waals surface area contributed by atoms with Crippen molar-refractivity contribution in [1.82, 2.24) is 14.8 Å². The second-order valence-corrected chi connectivity index (χ2v) is 8.66. The van der Waals surface area contributed by atoms with Gasteiger partial charge in [-0.15, -0.1) is 16.8 Å². The quantitative estimate of drug-likeness (QED) is 0.432. The topological polar surface area (TPSA) is 91.2 Å². The average Bonchev–Trinajstić information content (AvgIpc) is 3.02. The van der Waals surface area contributed by atoms with Crippen LogP contribution in [0.4, 0.5) is 0 Å². The summed E-state index contributed by atoms with van der Waals surface area (Å²) in [6.07, 6.45) is 2.25. The fraction of sp³-hybridized carbons (Fsp3) is 0.615. The number of hydrogen-bond acceptors (Lipinski definition) is 7. The van der Waals surface area contributed by atoms with Gasteiger partial charge in [0.25, 0.3) is 0 Å². The Hall–Kier alpha value is -1.35. The molecule has 2 rings (SSSR count). The maximum Gasteiger partial charge on any atom is 0.318 e. The number of nitrogens with zero attached hydrogens (tertiary/aromatic N) is 3. The minimum absolute atomic E-state index is 0.0967. The minimum Gasteiger partial charge on any atom is -0.468 e. The number of carbonyl (C=O) groups excluding carboxylic acids is 1. The number of thioether (sulfide) groups is 1. The first-order valence-electron chi connectivity index (χ1n) is 6.87. The first-order chi connectivity index (χ1) is 10.4. The van der Waals surface area contributed by atoms with Gasteiger partial charge < -0.3 is 9.30 Å². The highest BCUT2D eigenvalue weighted by molar-refractivity contribution is 8.00. The van der Waals surface area contributed by atoms with Gasteiger partial charge in [0.2, 0.25) is 0 Å². The molecule has 0 aromatic carbocycles. The van der Waals surface area contributed by atoms with Crippen LogP contribution in [0.3, 0.4) is 0 Å². The van der Waals surface area contributed by atoms with E-state index in [4.69, 9.17) is 4.74 Å². The first-order valence-corrected chi connectivity index (χ1v) is 9.57. The molecule has 1 fully saturated rings. The zero-order chi connectivity index (χ0) is 16.3. The number of allylic oxidation sites excluding steroid dienone is 1. The minimum atomic E-state index is -2.99. The molecular weight excluding hydrogens is 326 g/mol. The van der Waals surface area contributed by atoms with Gasteiger partial charge in [-0.05, 0) is 13.3 Å². The second-order valence-electron chi connectivity index (χ2n) is 5.12. The molecule has 1 aromatic heterocycles. The van der Waals surface area contributed by atoms with Crippen LogP contribution >= 0.6 is 11.8 Å². The summed E-state index contributed by atoms with van der Waals surface area (Å²) in [6.45, 7) is 5.90. The van der Waals surface area contributed by atoms with E-state index in [2.05, 4.69) is 16.8 Å². The lowest BCUT2D eigenvalue weighted by Crippen LogP contribution is -2.16. The van der Waals surface area contributed by atoms with Crippen LogP contribution in [0.1, 0.15) is 25.1 Å². The SMILES string of the molecule is C=CCn1c(SC(C)C(=O)OC)nnc1C1CCS(=O)(=O)C1. The zero-order valence-electron chi connectivity index (χ0n) is 12.6. The van der Waals surface area contributed by atoms with Gasteiger partial charge in [-0.1, -0.05) is 17.8 Å². The molecule has 7 nitrogen and oxygen atoms in total. The third-order valence-corrected chi connectivity index (χ3v) is 6.30. The Kier molecular flexibility index (Phi) is 5.28. The molecule has 0 saturated carbocycles. The third-order valence-electron chi connectivity index (χ3n) is 3.47. The number of aromatic nitrogens is 3. The summed E-state index contributed by atoms with van der Waals surface area (Å²) in [5.41, 5.74) is 0. The van der Waals surface area contributed by atoms with Crippen molar-refractivity contribution >= 4 is 27.6 Å². The molecule has 2 unspecified atom stereocenters. The summed E-state index contributed by atoms with van der Waals surface area (Å²) in [4.78, 5) is 11.5. The van der Waals surface area contributed by atoms with Crippen LogP contribution in [-0.4, -0.2) is 53.0 Å². The summed E-state index contributed by atoms with van der Waals surface area (Å²) >= 11 is 1.24. The summed E-state index contributed by atoms with van der Waals surface area (Å²) in [7, 11) is -1.66. The van der Waals surface area contributed by atoms with Crippen LogP contribution in [-0.2, 0) is 25.9 Å². The molecule has 22 heavy (non-hydrogen) atoms. The monoisotopic (exact) mass is 345 g/mol. The molecular formula is C13H19N3O4S2. The molecule has 9 heteroatoms. The second kappa shape index (κ2) is 6.82. The smallest absolute Gasteiger partial charge is 0.318 e. The van der Waals surface area contributed by atoms with Crippen molar-refractivity contribution in [2.75, 3.05) is 18.6 Å². The lowest BCUT2D eigenvalue weighted by atomic mass is 10.1. The van der Waals surface area contributed by atoms with E-state index >= 15 is 0 Å². The van der Waals surface area contributed by atoms with Crippen LogP contribution in [0.15, 0.2) is 17.8 Å². The van der Waals surface area contributed by atoms with Gasteiger partial charge in [0.05, 0.1) is 18.6 Å². The molecule has 2 atom stereocenters. The van der Waals surface area contributed by atoms with Gasteiger partial charge in [0.15, 0.2) is 15.0 Å². The average molecular weight is 345 g/mol. The maximum absolute atomic E-state index is 11.7. The molecule has 0 N–H and O–H groups in total. The van der Waals surface area contributed by atoms with Crippen LogP contribution in [0.5, 0.6) is 0 Å². The van der Waals surface area contributed by atoms with Gasteiger partial charge in [-0.3, -0.25) is 4.79 Å². The fourth-order valence-electron chi connectivity index (χ4n) is 2.36. The molecule has 0 aliphatic carbocycles. The molecule has 1 saturated heterocycles. The van der Waals surface area contributed by atoms with E-state index < -0.39 is 15.1 Å². The van der Waals surface area contributed by atoms with Gasteiger partial charge in [-0.2, -0.15) is 0 Å². The molecule has 2 heterocycles. The lowest BCUT2D eigenvalue weighted by Gasteiger charge is -2.12. The van der Waals surface area contributed by atoms with Crippen molar-refractivity contribution in [3.05, 3.63) is 18.5 Å². The Labute approximate surface area is 134 Å². The molecule has 1 aliphatic heterocycles. The highest BCUT2D eigenvalue weighted by Gasteiger charge is 2.33. The summed E-state index contributed by atoms with van der Waals surface area (Å²) < 4.78 is 29.8. The standard InChI is InChI=1S/C13H19N3O4S2/c1-4-6-16-11(10-5-7-22(18,19)8-10)14-15-13(16)21-9(2)12(17)20-3/h4,9-10H,1,5-8H2,2-3H3. The van der Waals surface area contributed by atoms with E-state index in [-0.39, 0.29) is 23.4 Å². The Balaban J connectivity index is 2.25. The number of esters is 1. The van der Waals surface area contributed by atoms with Crippen LogP contribution < -0.4 is 0 Å². The largest absolute Gasteiger partial charge is 0.468 e. The van der Waals surface area contributed by atoms with Crippen molar-refractivity contribution in [2.24, 2.45) is 0 Å². The Bertz CT molecular complexity index is 669. The predicted octanol–water partition coefficient (Wildman–Crippen LogP) is 1.02. The Morgan fingerprint density at radius 2 is 2.32 bits per heavy atom. The number of carbonyl (C=O) groups is 1. The van der Waals surface area contributed by atoms with Gasteiger partial charge in [0, 0.05) is 12.5 Å². The number of sulfone groups is 1. The fourth-order valence-corrected chi connectivity index (χ4v) is 4.99. The zero-order valence-corrected chi connectivity index (χ0v) is 14.2. The first kappa shape index (κ1) is 17.0. The van der Waals surface area contributed by atoms with Crippen molar-refractivity contribution in [3.8, 4) is 0 Å². The lowest BCUT2D eigenvalue weighted by molar-refractivity contribution is -0.139. The number of methoxy groups -OCH3 is 1. The number of ether oxygens (including phenoxy) is 1. The van der Waals surface area contributed by atoms with Crippen LogP contribution in [0, 0.1) is 0 Å². The van der Waals surface area contributed by atoms with Crippen molar-refractivity contribution in [3.63, 3.8) is 0 Å². The van der Waals surface area contributed by atoms with E-state index in [0.717, 1.165) is 0 Å². The van der Waals surface area contributed by atoms with Gasteiger partial charge in [0.1, 0.15) is 11.1 Å². The normalized spacial score (nSPS) is 21.5. The summed E-state index contributed by atoms with van der Waals surface area (Å²) in [5, 5.41) is 8.41. The Morgan fingerprint density at radius 3 is 2.86 bits per heavy atom. The molecule has 0 amide bonds. The molecule has 1 aliphatic rings. The van der Waals surface area contributed by atoms with E-state index in [1.807, 2.05) is 4.57 Å². The van der Waals surface area contributed by atoms with E-state index in [1.54, 1.807) is 13.0 Å². The van der Waals surface area contributed by atoms with E-state index in [9.17, 15) is 13.2 Å². The molecule has 0 radical (unpaired) electrons. The Morgan fingerprint density at radius 1 is 1.59 bits per heavy atom. The molecule has 0 spiro atoms. The maximum atomic E-state index is 11.7.